The number of fused-ring (bicyclic) bond motifs is 1. The summed E-state index contributed by atoms with van der Waals surface area (Å²) in [7, 11) is 0. The summed E-state index contributed by atoms with van der Waals surface area (Å²) in [6.45, 7) is 1.90. The van der Waals surface area contributed by atoms with Gasteiger partial charge in [0.15, 0.2) is 0 Å². The zero-order chi connectivity index (χ0) is 21.1. The molecule has 0 spiro atoms. The summed E-state index contributed by atoms with van der Waals surface area (Å²) in [5.41, 5.74) is 2.70. The summed E-state index contributed by atoms with van der Waals surface area (Å²) in [5.74, 6) is 0.319. The minimum atomic E-state index is -0.426. The highest BCUT2D eigenvalue weighted by Crippen LogP contribution is 2.26. The average molecular weight is 417 g/mol. The quantitative estimate of drug-likeness (QED) is 0.338. The Morgan fingerprint density at radius 3 is 2.70 bits per heavy atom. The number of hydrogen-bond donors (Lipinski definition) is 2. The van der Waals surface area contributed by atoms with E-state index in [1.165, 1.54) is 17.8 Å². The number of carbonyl (C=O) groups excluding carboxylic acids is 1. The van der Waals surface area contributed by atoms with Crippen molar-refractivity contribution in [3.05, 3.63) is 99.9 Å². The van der Waals surface area contributed by atoms with E-state index in [4.69, 9.17) is 4.42 Å². The van der Waals surface area contributed by atoms with Crippen LogP contribution in [0, 0.1) is 6.92 Å². The van der Waals surface area contributed by atoms with Gasteiger partial charge in [-0.15, -0.1) is 11.8 Å². The molecule has 4 aromatic rings. The maximum atomic E-state index is 12.5. The molecule has 1 heterocycles. The number of thioether (sulfide) groups is 1. The van der Waals surface area contributed by atoms with E-state index in [9.17, 15) is 14.7 Å². The van der Waals surface area contributed by atoms with Crippen LogP contribution in [0.2, 0.25) is 0 Å². The fourth-order valence-corrected chi connectivity index (χ4v) is 4.00. The van der Waals surface area contributed by atoms with Crippen LogP contribution >= 0.6 is 11.8 Å². The van der Waals surface area contributed by atoms with Crippen molar-refractivity contribution >= 4 is 34.3 Å². The number of benzene rings is 3. The van der Waals surface area contributed by atoms with Crippen LogP contribution in [0.3, 0.4) is 0 Å². The van der Waals surface area contributed by atoms with Gasteiger partial charge in [0.1, 0.15) is 11.3 Å². The molecule has 0 fully saturated rings. The molecular weight excluding hydrogens is 398 g/mol. The fourth-order valence-electron chi connectivity index (χ4n) is 3.09. The largest absolute Gasteiger partial charge is 0.508 e. The molecule has 0 aliphatic heterocycles. The van der Waals surface area contributed by atoms with Crippen LogP contribution in [0.25, 0.3) is 11.0 Å². The Hall–Kier alpha value is -3.51. The first kappa shape index (κ1) is 19.8. The second kappa shape index (κ2) is 8.47. The van der Waals surface area contributed by atoms with Crippen molar-refractivity contribution in [1.82, 2.24) is 0 Å². The first-order valence-corrected chi connectivity index (χ1v) is 10.3. The molecule has 6 heteroatoms. The van der Waals surface area contributed by atoms with Crippen molar-refractivity contribution in [1.29, 1.82) is 0 Å². The van der Waals surface area contributed by atoms with Crippen molar-refractivity contribution in [3.63, 3.8) is 0 Å². The Bertz CT molecular complexity index is 1300. The Labute approximate surface area is 177 Å². The van der Waals surface area contributed by atoms with E-state index in [1.807, 2.05) is 49.4 Å². The van der Waals surface area contributed by atoms with E-state index in [-0.39, 0.29) is 11.7 Å². The van der Waals surface area contributed by atoms with Crippen LogP contribution in [-0.2, 0) is 5.75 Å². The van der Waals surface area contributed by atoms with Gasteiger partial charge in [0.2, 0.25) is 0 Å². The first-order valence-electron chi connectivity index (χ1n) is 9.35. The number of nitrogens with one attached hydrogen (secondary N) is 1. The minimum absolute atomic E-state index is 0.0531. The van der Waals surface area contributed by atoms with Gasteiger partial charge in [-0.05, 0) is 55.0 Å². The Balaban J connectivity index is 1.49. The van der Waals surface area contributed by atoms with Crippen molar-refractivity contribution in [2.75, 3.05) is 5.32 Å². The van der Waals surface area contributed by atoms with Crippen LogP contribution in [0.15, 0.2) is 86.9 Å². The minimum Gasteiger partial charge on any atom is -0.508 e. The number of carbonyl (C=O) groups is 1. The lowest BCUT2D eigenvalue weighted by Gasteiger charge is -2.09. The molecule has 0 unspecified atom stereocenters. The molecule has 30 heavy (non-hydrogen) atoms. The number of rotatable bonds is 5. The lowest BCUT2D eigenvalue weighted by molar-refractivity contribution is 0.102. The molecule has 2 N–H and O–H groups in total. The molecule has 1 aromatic heterocycles. The second-order valence-electron chi connectivity index (χ2n) is 6.87. The SMILES string of the molecule is Cc1ccccc1C(=O)Nc1cccc(SCc2cc3ccc(O)cc3oc2=O)c1. The van der Waals surface area contributed by atoms with E-state index in [0.29, 0.717) is 28.2 Å². The van der Waals surface area contributed by atoms with E-state index >= 15 is 0 Å². The Morgan fingerprint density at radius 1 is 1.03 bits per heavy atom. The van der Waals surface area contributed by atoms with E-state index in [2.05, 4.69) is 5.32 Å². The third-order valence-electron chi connectivity index (χ3n) is 4.67. The van der Waals surface area contributed by atoms with Gasteiger partial charge in [-0.25, -0.2) is 4.79 Å². The van der Waals surface area contributed by atoms with Crippen LogP contribution in [0.1, 0.15) is 21.5 Å². The van der Waals surface area contributed by atoms with Gasteiger partial charge in [-0.3, -0.25) is 4.79 Å². The number of anilines is 1. The summed E-state index contributed by atoms with van der Waals surface area (Å²) in [6.07, 6.45) is 0. The molecular formula is C24H19NO4S. The molecule has 0 aliphatic carbocycles. The molecule has 0 aliphatic rings. The molecule has 5 nitrogen and oxygen atoms in total. The second-order valence-corrected chi connectivity index (χ2v) is 7.92. The molecule has 0 saturated heterocycles. The zero-order valence-corrected chi connectivity index (χ0v) is 17.0. The van der Waals surface area contributed by atoms with Gasteiger partial charge >= 0.3 is 5.63 Å². The molecule has 0 saturated carbocycles. The summed E-state index contributed by atoms with van der Waals surface area (Å²) < 4.78 is 5.31. The first-order chi connectivity index (χ1) is 14.5. The lowest BCUT2D eigenvalue weighted by atomic mass is 10.1. The monoisotopic (exact) mass is 417 g/mol. The number of amides is 1. The highest BCUT2D eigenvalue weighted by Gasteiger charge is 2.10. The smallest absolute Gasteiger partial charge is 0.340 e. The van der Waals surface area contributed by atoms with Crippen LogP contribution in [0.5, 0.6) is 5.75 Å². The molecule has 0 radical (unpaired) electrons. The molecule has 0 atom stereocenters. The topological polar surface area (TPSA) is 79.5 Å². The predicted octanol–water partition coefficient (Wildman–Crippen LogP) is 5.35. The summed E-state index contributed by atoms with van der Waals surface area (Å²) in [6, 6.07) is 21.4. The third kappa shape index (κ3) is 4.39. The van der Waals surface area contributed by atoms with Crippen molar-refractivity contribution in [2.45, 2.75) is 17.6 Å². The van der Waals surface area contributed by atoms with Gasteiger partial charge in [0, 0.05) is 38.9 Å². The third-order valence-corrected chi connectivity index (χ3v) is 5.71. The van der Waals surface area contributed by atoms with Crippen molar-refractivity contribution < 1.29 is 14.3 Å². The average Bonchev–Trinajstić information content (AvgIpc) is 2.73. The molecule has 4 rings (SSSR count). The zero-order valence-electron chi connectivity index (χ0n) is 16.2. The maximum Gasteiger partial charge on any atom is 0.340 e. The number of phenolic OH excluding ortho intramolecular Hbond substituents is 1. The number of aromatic hydroxyl groups is 1. The highest BCUT2D eigenvalue weighted by atomic mass is 32.2. The van der Waals surface area contributed by atoms with Gasteiger partial charge in [0.05, 0.1) is 0 Å². The standard InChI is InChI=1S/C24H19NO4S/c1-15-5-2-3-8-21(15)23(27)25-18-6-4-7-20(12-18)30-14-17-11-16-9-10-19(26)13-22(16)29-24(17)28/h2-13,26H,14H2,1H3,(H,25,27). The van der Waals surface area contributed by atoms with E-state index < -0.39 is 5.63 Å². The van der Waals surface area contributed by atoms with E-state index in [0.717, 1.165) is 15.8 Å². The molecule has 3 aromatic carbocycles. The maximum absolute atomic E-state index is 12.5. The van der Waals surface area contributed by atoms with Crippen LogP contribution < -0.4 is 10.9 Å². The van der Waals surface area contributed by atoms with E-state index in [1.54, 1.807) is 24.3 Å². The highest BCUT2D eigenvalue weighted by molar-refractivity contribution is 7.98. The van der Waals surface area contributed by atoms with Crippen LogP contribution in [-0.4, -0.2) is 11.0 Å². The van der Waals surface area contributed by atoms with Gasteiger partial charge < -0.3 is 14.8 Å². The molecule has 150 valence electrons. The van der Waals surface area contributed by atoms with Gasteiger partial charge in [-0.2, -0.15) is 0 Å². The van der Waals surface area contributed by atoms with Crippen molar-refractivity contribution in [2.24, 2.45) is 0 Å². The van der Waals surface area contributed by atoms with Gasteiger partial charge in [0.25, 0.3) is 5.91 Å². The predicted molar refractivity (Wildman–Crippen MR) is 119 cm³/mol. The normalized spacial score (nSPS) is 10.8. The van der Waals surface area contributed by atoms with Crippen LogP contribution in [0.4, 0.5) is 5.69 Å². The Morgan fingerprint density at radius 2 is 1.87 bits per heavy atom. The summed E-state index contributed by atoms with van der Waals surface area (Å²) in [4.78, 5) is 25.7. The molecule has 1 amide bonds. The summed E-state index contributed by atoms with van der Waals surface area (Å²) >= 11 is 1.48. The number of phenols is 1. The Kier molecular flexibility index (Phi) is 5.59. The number of aryl methyl sites for hydroxylation is 1. The molecule has 0 bridgehead atoms. The van der Waals surface area contributed by atoms with Gasteiger partial charge in [-0.1, -0.05) is 24.3 Å². The number of hydrogen-bond acceptors (Lipinski definition) is 5. The van der Waals surface area contributed by atoms with Crippen molar-refractivity contribution in [3.8, 4) is 5.75 Å². The summed E-state index contributed by atoms with van der Waals surface area (Å²) in [5, 5.41) is 13.2. The lowest BCUT2D eigenvalue weighted by Crippen LogP contribution is -2.13. The fraction of sp³-hybridized carbons (Fsp3) is 0.0833.